The van der Waals surface area contributed by atoms with Crippen LogP contribution in [-0.2, 0) is 18.4 Å². The van der Waals surface area contributed by atoms with E-state index in [0.29, 0.717) is 6.54 Å². The number of carbonyl (C=O) groups excluding carboxylic acids is 1. The Kier molecular flexibility index (Phi) is 4.91. The first-order valence-electron chi connectivity index (χ1n) is 6.07. The molecule has 1 heterocycles. The van der Waals surface area contributed by atoms with Crippen molar-refractivity contribution in [2.75, 3.05) is 0 Å². The molecule has 7 heteroatoms. The standard InChI is InChI=1S/C12H20N4O3/c1-7(11(17)18)8(2)14-12(19)13-5-10-6-16(4)15-9(10)3/h6-8H,5H2,1-4H3,(H,17,18)(H2,13,14,19). The molecule has 7 nitrogen and oxygen atoms in total. The van der Waals surface area contributed by atoms with Crippen LogP contribution in [0.5, 0.6) is 0 Å². The number of amides is 2. The fraction of sp³-hybridized carbons (Fsp3) is 0.583. The second-order valence-electron chi connectivity index (χ2n) is 4.66. The molecule has 0 aliphatic carbocycles. The first-order chi connectivity index (χ1) is 8.81. The summed E-state index contributed by atoms with van der Waals surface area (Å²) in [4.78, 5) is 22.4. The zero-order chi connectivity index (χ0) is 14.6. The highest BCUT2D eigenvalue weighted by Crippen LogP contribution is 2.04. The third-order valence-electron chi connectivity index (χ3n) is 3.05. The molecule has 3 N–H and O–H groups in total. The van der Waals surface area contributed by atoms with Gasteiger partial charge in [-0.25, -0.2) is 4.79 Å². The fourth-order valence-corrected chi connectivity index (χ4v) is 1.59. The van der Waals surface area contributed by atoms with Crippen molar-refractivity contribution >= 4 is 12.0 Å². The number of nitrogens with zero attached hydrogens (tertiary/aromatic N) is 2. The van der Waals surface area contributed by atoms with Gasteiger partial charge in [0.2, 0.25) is 0 Å². The highest BCUT2D eigenvalue weighted by atomic mass is 16.4. The second kappa shape index (κ2) is 6.21. The van der Waals surface area contributed by atoms with E-state index >= 15 is 0 Å². The van der Waals surface area contributed by atoms with Gasteiger partial charge in [0.1, 0.15) is 0 Å². The Hall–Kier alpha value is -2.05. The summed E-state index contributed by atoms with van der Waals surface area (Å²) in [6.45, 7) is 5.44. The van der Waals surface area contributed by atoms with E-state index < -0.39 is 17.9 Å². The average Bonchev–Trinajstić information content (AvgIpc) is 2.64. The van der Waals surface area contributed by atoms with Gasteiger partial charge >= 0.3 is 12.0 Å². The maximum atomic E-state index is 11.6. The lowest BCUT2D eigenvalue weighted by atomic mass is 10.0. The van der Waals surface area contributed by atoms with E-state index in [1.165, 1.54) is 0 Å². The molecule has 0 radical (unpaired) electrons. The second-order valence-corrected chi connectivity index (χ2v) is 4.66. The van der Waals surface area contributed by atoms with Crippen LogP contribution in [0.4, 0.5) is 4.79 Å². The summed E-state index contributed by atoms with van der Waals surface area (Å²) in [6.07, 6.45) is 1.83. The van der Waals surface area contributed by atoms with Gasteiger partial charge in [-0.05, 0) is 20.8 Å². The number of aromatic nitrogens is 2. The van der Waals surface area contributed by atoms with Crippen molar-refractivity contribution in [3.8, 4) is 0 Å². The van der Waals surface area contributed by atoms with Crippen LogP contribution in [0.15, 0.2) is 6.20 Å². The van der Waals surface area contributed by atoms with Crippen LogP contribution in [0.1, 0.15) is 25.1 Å². The molecule has 1 rings (SSSR count). The predicted molar refractivity (Wildman–Crippen MR) is 69.6 cm³/mol. The normalized spacial score (nSPS) is 13.7. The largest absolute Gasteiger partial charge is 0.481 e. The van der Waals surface area contributed by atoms with Crippen LogP contribution in [0.3, 0.4) is 0 Å². The van der Waals surface area contributed by atoms with E-state index in [0.717, 1.165) is 11.3 Å². The Labute approximate surface area is 112 Å². The summed E-state index contributed by atoms with van der Waals surface area (Å²) in [5.41, 5.74) is 1.78. The van der Waals surface area contributed by atoms with Crippen LogP contribution in [0.2, 0.25) is 0 Å². The zero-order valence-corrected chi connectivity index (χ0v) is 11.6. The SMILES string of the molecule is Cc1nn(C)cc1CNC(=O)NC(C)C(C)C(=O)O. The number of carbonyl (C=O) groups is 2. The Balaban J connectivity index is 2.44. The minimum absolute atomic E-state index is 0.361. The highest BCUT2D eigenvalue weighted by molar-refractivity contribution is 5.76. The van der Waals surface area contributed by atoms with Gasteiger partial charge in [0.15, 0.2) is 0 Å². The lowest BCUT2D eigenvalue weighted by Gasteiger charge is -2.18. The summed E-state index contributed by atoms with van der Waals surface area (Å²) in [5.74, 6) is -1.57. The molecular formula is C12H20N4O3. The van der Waals surface area contributed by atoms with Gasteiger partial charge in [0.05, 0.1) is 11.6 Å². The monoisotopic (exact) mass is 268 g/mol. The molecule has 0 bridgehead atoms. The maximum absolute atomic E-state index is 11.6. The van der Waals surface area contributed by atoms with Crippen molar-refractivity contribution in [1.82, 2.24) is 20.4 Å². The Morgan fingerprint density at radius 2 is 2.11 bits per heavy atom. The van der Waals surface area contributed by atoms with E-state index in [9.17, 15) is 9.59 Å². The molecule has 19 heavy (non-hydrogen) atoms. The summed E-state index contributed by atoms with van der Waals surface area (Å²) < 4.78 is 1.68. The van der Waals surface area contributed by atoms with Crippen LogP contribution in [0.25, 0.3) is 0 Å². The molecule has 2 unspecified atom stereocenters. The highest BCUT2D eigenvalue weighted by Gasteiger charge is 2.20. The molecule has 106 valence electrons. The van der Waals surface area contributed by atoms with Crippen LogP contribution >= 0.6 is 0 Å². The maximum Gasteiger partial charge on any atom is 0.315 e. The van der Waals surface area contributed by atoms with E-state index in [4.69, 9.17) is 5.11 Å². The number of nitrogens with one attached hydrogen (secondary N) is 2. The molecular weight excluding hydrogens is 248 g/mol. The van der Waals surface area contributed by atoms with E-state index in [1.54, 1.807) is 18.5 Å². The zero-order valence-electron chi connectivity index (χ0n) is 11.6. The van der Waals surface area contributed by atoms with Gasteiger partial charge in [-0.3, -0.25) is 9.48 Å². The van der Waals surface area contributed by atoms with Crippen LogP contribution in [-0.4, -0.2) is 32.9 Å². The van der Waals surface area contributed by atoms with Gasteiger partial charge in [-0.1, -0.05) is 0 Å². The fourth-order valence-electron chi connectivity index (χ4n) is 1.59. The predicted octanol–water partition coefficient (Wildman–Crippen LogP) is 0.637. The molecule has 2 amide bonds. The molecule has 0 spiro atoms. The van der Waals surface area contributed by atoms with Crippen molar-refractivity contribution in [3.05, 3.63) is 17.5 Å². The smallest absolute Gasteiger partial charge is 0.315 e. The summed E-state index contributed by atoms with van der Waals surface area (Å²) in [5, 5.41) is 18.3. The van der Waals surface area contributed by atoms with Gasteiger partial charge in [-0.15, -0.1) is 0 Å². The van der Waals surface area contributed by atoms with Gasteiger partial charge in [0.25, 0.3) is 0 Å². The first-order valence-corrected chi connectivity index (χ1v) is 6.07. The number of carboxylic acids is 1. The Morgan fingerprint density at radius 1 is 1.47 bits per heavy atom. The summed E-state index contributed by atoms with van der Waals surface area (Å²) in [7, 11) is 1.81. The number of urea groups is 1. The lowest BCUT2D eigenvalue weighted by molar-refractivity contribution is -0.141. The molecule has 0 fully saturated rings. The number of aliphatic carboxylic acids is 1. The van der Waals surface area contributed by atoms with Gasteiger partial charge in [-0.2, -0.15) is 5.10 Å². The van der Waals surface area contributed by atoms with Crippen molar-refractivity contribution in [2.24, 2.45) is 13.0 Å². The lowest BCUT2D eigenvalue weighted by Crippen LogP contribution is -2.45. The quantitative estimate of drug-likeness (QED) is 0.730. The average molecular weight is 268 g/mol. The van der Waals surface area contributed by atoms with Crippen molar-refractivity contribution in [3.63, 3.8) is 0 Å². The molecule has 1 aromatic heterocycles. The molecule has 0 aliphatic rings. The van der Waals surface area contributed by atoms with Crippen LogP contribution < -0.4 is 10.6 Å². The molecule has 0 aliphatic heterocycles. The molecule has 2 atom stereocenters. The number of hydrogen-bond acceptors (Lipinski definition) is 3. The van der Waals surface area contributed by atoms with Crippen molar-refractivity contribution < 1.29 is 14.7 Å². The molecule has 1 aromatic rings. The topological polar surface area (TPSA) is 96.3 Å². The number of rotatable bonds is 5. The van der Waals surface area contributed by atoms with E-state index in [-0.39, 0.29) is 6.03 Å². The molecule has 0 aromatic carbocycles. The summed E-state index contributed by atoms with van der Waals surface area (Å²) >= 11 is 0. The van der Waals surface area contributed by atoms with Crippen molar-refractivity contribution in [1.29, 1.82) is 0 Å². The minimum Gasteiger partial charge on any atom is -0.481 e. The number of carboxylic acid groups (broad SMARTS) is 1. The van der Waals surface area contributed by atoms with Crippen molar-refractivity contribution in [2.45, 2.75) is 33.4 Å². The molecule has 0 saturated carbocycles. The van der Waals surface area contributed by atoms with E-state index in [1.807, 2.05) is 20.2 Å². The molecule has 0 saturated heterocycles. The Bertz CT molecular complexity index is 470. The van der Waals surface area contributed by atoms with Gasteiger partial charge in [0, 0.05) is 31.4 Å². The summed E-state index contributed by atoms with van der Waals surface area (Å²) in [6, 6.07) is -0.823. The Morgan fingerprint density at radius 3 is 2.58 bits per heavy atom. The van der Waals surface area contributed by atoms with Crippen LogP contribution in [0, 0.1) is 12.8 Å². The minimum atomic E-state index is -0.934. The number of hydrogen-bond donors (Lipinski definition) is 3. The number of aryl methyl sites for hydroxylation is 2. The van der Waals surface area contributed by atoms with Gasteiger partial charge < -0.3 is 15.7 Å². The third-order valence-corrected chi connectivity index (χ3v) is 3.05. The third kappa shape index (κ3) is 4.27. The van der Waals surface area contributed by atoms with E-state index in [2.05, 4.69) is 15.7 Å². The first kappa shape index (κ1) is 15.0.